The van der Waals surface area contributed by atoms with Crippen LogP contribution in [0.25, 0.3) is 0 Å². The number of hydrogen-bond acceptors (Lipinski definition) is 3. The maximum absolute atomic E-state index is 14.3. The van der Waals surface area contributed by atoms with Crippen molar-refractivity contribution in [2.75, 3.05) is 19.8 Å². The van der Waals surface area contributed by atoms with Crippen molar-refractivity contribution in [2.45, 2.75) is 18.0 Å². The van der Waals surface area contributed by atoms with Crippen molar-refractivity contribution in [1.29, 1.82) is 0 Å². The van der Waals surface area contributed by atoms with Crippen LogP contribution in [0.4, 0.5) is 23.2 Å². The summed E-state index contributed by atoms with van der Waals surface area (Å²) in [5, 5.41) is 1.84. The Bertz CT molecular complexity index is 799. The molecule has 0 amide bonds. The highest BCUT2D eigenvalue weighted by Gasteiger charge is 2.31. The van der Waals surface area contributed by atoms with Crippen LogP contribution in [-0.4, -0.2) is 41.0 Å². The second-order valence-electron chi connectivity index (χ2n) is 5.48. The second-order valence-corrected chi connectivity index (χ2v) is 7.85. The van der Waals surface area contributed by atoms with Gasteiger partial charge in [0, 0.05) is 19.0 Å². The van der Waals surface area contributed by atoms with Gasteiger partial charge in [0.25, 0.3) is 0 Å². The summed E-state index contributed by atoms with van der Waals surface area (Å²) in [5.74, 6) is -1.69. The summed E-state index contributed by atoms with van der Waals surface area (Å²) in [6.07, 6.45) is -4.57. The molecule has 136 valence electrons. The molecule has 0 spiro atoms. The molecule has 0 N–H and O–H groups in total. The molecule has 0 saturated heterocycles. The predicted octanol–water partition coefficient (Wildman–Crippen LogP) is 4.51. The minimum absolute atomic E-state index is 0.0678. The molecule has 0 radical (unpaired) electrons. The van der Waals surface area contributed by atoms with Gasteiger partial charge in [0.2, 0.25) is 0 Å². The number of rotatable bonds is 4. The van der Waals surface area contributed by atoms with Gasteiger partial charge in [-0.15, -0.1) is 11.3 Å². The standard InChI is InChI=1S/C16H16F4N2OS2/c1-10-7-11(17)12(8-14(10)25(23)9-16(18,19)20)21-15(22(2)3)13-5-4-6-24-13/h4-8H,9H2,1-3H3. The van der Waals surface area contributed by atoms with Crippen LogP contribution in [0.3, 0.4) is 0 Å². The molecule has 3 nitrogen and oxygen atoms in total. The lowest BCUT2D eigenvalue weighted by Gasteiger charge is -2.15. The van der Waals surface area contributed by atoms with E-state index in [-0.39, 0.29) is 16.1 Å². The topological polar surface area (TPSA) is 32.7 Å². The zero-order valence-corrected chi connectivity index (χ0v) is 15.4. The zero-order valence-electron chi connectivity index (χ0n) is 13.7. The van der Waals surface area contributed by atoms with Crippen LogP contribution >= 0.6 is 11.3 Å². The molecular weight excluding hydrogens is 376 g/mol. The Morgan fingerprint density at radius 3 is 2.52 bits per heavy atom. The largest absolute Gasteiger partial charge is 0.400 e. The van der Waals surface area contributed by atoms with Gasteiger partial charge in [-0.25, -0.2) is 9.38 Å². The van der Waals surface area contributed by atoms with E-state index in [0.717, 1.165) is 17.0 Å². The maximum Gasteiger partial charge on any atom is 0.400 e. The Labute approximate surface area is 149 Å². The number of halogens is 4. The normalized spacial score (nSPS) is 13.8. The Balaban J connectivity index is 2.49. The average Bonchev–Trinajstić information content (AvgIpc) is 2.97. The third kappa shape index (κ3) is 5.12. The average molecular weight is 392 g/mol. The summed E-state index contributed by atoms with van der Waals surface area (Å²) in [6, 6.07) is 5.81. The quantitative estimate of drug-likeness (QED) is 0.436. The summed E-state index contributed by atoms with van der Waals surface area (Å²) >= 11 is 1.40. The molecule has 0 aliphatic heterocycles. The van der Waals surface area contributed by atoms with Crippen molar-refractivity contribution in [3.63, 3.8) is 0 Å². The van der Waals surface area contributed by atoms with E-state index in [1.807, 2.05) is 11.4 Å². The lowest BCUT2D eigenvalue weighted by molar-refractivity contribution is -0.105. The van der Waals surface area contributed by atoms with Gasteiger partial charge in [-0.05, 0) is 36.1 Å². The van der Waals surface area contributed by atoms with Crippen molar-refractivity contribution < 1.29 is 21.8 Å². The van der Waals surface area contributed by atoms with Gasteiger partial charge in [0.05, 0.1) is 15.7 Å². The molecule has 1 aromatic heterocycles. The SMILES string of the molecule is Cc1cc(F)c(N=C(c2cccs2)N(C)C)cc1S(=O)CC(F)(F)F. The first-order chi connectivity index (χ1) is 11.6. The highest BCUT2D eigenvalue weighted by atomic mass is 32.2. The molecule has 0 aliphatic rings. The summed E-state index contributed by atoms with van der Waals surface area (Å²) in [4.78, 5) is 6.63. The number of nitrogens with zero attached hydrogens (tertiary/aromatic N) is 2. The summed E-state index contributed by atoms with van der Waals surface area (Å²) in [5.41, 5.74) is 0.0507. The number of alkyl halides is 3. The van der Waals surface area contributed by atoms with E-state index in [0.29, 0.717) is 5.84 Å². The van der Waals surface area contributed by atoms with E-state index in [4.69, 9.17) is 0 Å². The number of hydrogen-bond donors (Lipinski definition) is 0. The van der Waals surface area contributed by atoms with Gasteiger partial charge in [-0.3, -0.25) is 4.21 Å². The van der Waals surface area contributed by atoms with Crippen molar-refractivity contribution >= 4 is 33.7 Å². The number of thiophene rings is 1. The van der Waals surface area contributed by atoms with Crippen LogP contribution < -0.4 is 0 Å². The molecule has 1 unspecified atom stereocenters. The molecule has 25 heavy (non-hydrogen) atoms. The fraction of sp³-hybridized carbons (Fsp3) is 0.312. The molecular formula is C16H16F4N2OS2. The number of aliphatic imine (C=N–C) groups is 1. The lowest BCUT2D eigenvalue weighted by atomic mass is 10.2. The van der Waals surface area contributed by atoms with E-state index < -0.39 is 28.5 Å². The third-order valence-electron chi connectivity index (χ3n) is 3.18. The van der Waals surface area contributed by atoms with E-state index in [9.17, 15) is 21.8 Å². The van der Waals surface area contributed by atoms with Crippen molar-refractivity contribution in [3.8, 4) is 0 Å². The Kier molecular flexibility index (Phi) is 5.99. The van der Waals surface area contributed by atoms with Crippen molar-refractivity contribution in [1.82, 2.24) is 4.90 Å². The number of aryl methyl sites for hydroxylation is 1. The van der Waals surface area contributed by atoms with Crippen LogP contribution in [0.5, 0.6) is 0 Å². The first-order valence-corrected chi connectivity index (χ1v) is 9.33. The van der Waals surface area contributed by atoms with E-state index >= 15 is 0 Å². The first kappa shape index (κ1) is 19.6. The minimum Gasteiger partial charge on any atom is -0.362 e. The van der Waals surface area contributed by atoms with E-state index in [1.54, 1.807) is 25.1 Å². The summed E-state index contributed by atoms with van der Waals surface area (Å²) in [7, 11) is 1.14. The van der Waals surface area contributed by atoms with Crippen LogP contribution in [0.15, 0.2) is 39.5 Å². The molecule has 1 heterocycles. The highest BCUT2D eigenvalue weighted by Crippen LogP contribution is 2.29. The van der Waals surface area contributed by atoms with Crippen molar-refractivity contribution in [2.24, 2.45) is 4.99 Å². The van der Waals surface area contributed by atoms with E-state index in [2.05, 4.69) is 4.99 Å². The number of benzene rings is 1. The van der Waals surface area contributed by atoms with Gasteiger partial charge in [-0.2, -0.15) is 13.2 Å². The van der Waals surface area contributed by atoms with E-state index in [1.165, 1.54) is 18.3 Å². The van der Waals surface area contributed by atoms with Crippen molar-refractivity contribution in [3.05, 3.63) is 45.9 Å². The van der Waals surface area contributed by atoms with Crippen LogP contribution in [0, 0.1) is 12.7 Å². The Hall–Kier alpha value is -1.74. The van der Waals surface area contributed by atoms with Crippen LogP contribution in [0.2, 0.25) is 0 Å². The predicted molar refractivity (Wildman–Crippen MR) is 92.7 cm³/mol. The molecule has 0 saturated carbocycles. The second kappa shape index (κ2) is 7.65. The lowest BCUT2D eigenvalue weighted by Crippen LogP contribution is -2.22. The molecule has 9 heteroatoms. The van der Waals surface area contributed by atoms with Gasteiger partial charge in [0.1, 0.15) is 23.1 Å². The molecule has 2 aromatic rings. The molecule has 1 aromatic carbocycles. The highest BCUT2D eigenvalue weighted by molar-refractivity contribution is 7.85. The Morgan fingerprint density at radius 1 is 1.32 bits per heavy atom. The fourth-order valence-corrected chi connectivity index (χ4v) is 4.00. The fourth-order valence-electron chi connectivity index (χ4n) is 2.09. The molecule has 0 fully saturated rings. The molecule has 1 atom stereocenters. The summed E-state index contributed by atoms with van der Waals surface area (Å²) < 4.78 is 63.8. The maximum atomic E-state index is 14.3. The van der Waals surface area contributed by atoms with Gasteiger partial charge in [0.15, 0.2) is 0 Å². The monoisotopic (exact) mass is 392 g/mol. The summed E-state index contributed by atoms with van der Waals surface area (Å²) in [6.45, 7) is 1.42. The van der Waals surface area contributed by atoms with Crippen LogP contribution in [-0.2, 0) is 10.8 Å². The van der Waals surface area contributed by atoms with Gasteiger partial charge >= 0.3 is 6.18 Å². The Morgan fingerprint density at radius 2 is 2.00 bits per heavy atom. The molecule has 2 rings (SSSR count). The molecule has 0 bridgehead atoms. The zero-order chi connectivity index (χ0) is 18.8. The van der Waals surface area contributed by atoms with Crippen LogP contribution in [0.1, 0.15) is 10.4 Å². The van der Waals surface area contributed by atoms with Gasteiger partial charge < -0.3 is 4.90 Å². The molecule has 0 aliphatic carbocycles. The first-order valence-electron chi connectivity index (χ1n) is 7.13. The smallest absolute Gasteiger partial charge is 0.362 e. The van der Waals surface area contributed by atoms with Gasteiger partial charge in [-0.1, -0.05) is 6.07 Å². The minimum atomic E-state index is -4.57. The number of amidine groups is 1. The third-order valence-corrected chi connectivity index (χ3v) is 5.56.